The van der Waals surface area contributed by atoms with E-state index in [0.29, 0.717) is 0 Å². The van der Waals surface area contributed by atoms with Crippen LogP contribution >= 0.6 is 0 Å². The van der Waals surface area contributed by atoms with Crippen LogP contribution in [0.4, 0.5) is 0 Å². The third kappa shape index (κ3) is 1.44. The van der Waals surface area contributed by atoms with Crippen LogP contribution < -0.4 is 5.73 Å². The minimum atomic E-state index is 0.0667. The topological polar surface area (TPSA) is 41.6 Å². The van der Waals surface area contributed by atoms with Crippen LogP contribution in [0.15, 0.2) is 34.6 Å². The Morgan fingerprint density at radius 2 is 2.54 bits per heavy atom. The van der Waals surface area contributed by atoms with E-state index in [-0.39, 0.29) is 6.17 Å². The molecule has 0 bridgehead atoms. The molecule has 2 heterocycles. The Morgan fingerprint density at radius 1 is 1.69 bits per heavy atom. The lowest BCUT2D eigenvalue weighted by atomic mass is 10.2. The Bertz CT molecular complexity index is 330. The van der Waals surface area contributed by atoms with Crippen molar-refractivity contribution in [3.05, 3.63) is 29.6 Å². The van der Waals surface area contributed by atoms with Gasteiger partial charge in [0.2, 0.25) is 0 Å². The fraction of sp³-hybridized carbons (Fsp3) is 0.400. The number of rotatable bonds is 1. The van der Waals surface area contributed by atoms with Crippen molar-refractivity contribution in [3.63, 3.8) is 0 Å². The van der Waals surface area contributed by atoms with Crippen LogP contribution in [-0.2, 0) is 0 Å². The van der Waals surface area contributed by atoms with Gasteiger partial charge >= 0.3 is 0 Å². The molecule has 0 aromatic carbocycles. The molecule has 68 valence electrons. The van der Waals surface area contributed by atoms with Crippen LogP contribution in [0.5, 0.6) is 0 Å². The van der Waals surface area contributed by atoms with Crippen LogP contribution in [0.3, 0.4) is 0 Å². The van der Waals surface area contributed by atoms with Gasteiger partial charge in [-0.2, -0.15) is 0 Å². The fourth-order valence-electron chi connectivity index (χ4n) is 1.71. The van der Waals surface area contributed by atoms with Gasteiger partial charge in [0, 0.05) is 18.8 Å². The standard InChI is InChI=1S/C10H13N3/c1-8(11)13-7-4-9-2-5-12-6-3-10(9)13/h2-3,5,8H,4,7,11H2,1H3. The molecule has 13 heavy (non-hydrogen) atoms. The molecule has 0 aromatic rings. The molecule has 3 nitrogen and oxygen atoms in total. The van der Waals surface area contributed by atoms with Gasteiger partial charge in [0.15, 0.2) is 0 Å². The smallest absolute Gasteiger partial charge is 0.0742 e. The van der Waals surface area contributed by atoms with E-state index in [0.717, 1.165) is 13.0 Å². The van der Waals surface area contributed by atoms with Crippen molar-refractivity contribution in [1.82, 2.24) is 4.90 Å². The van der Waals surface area contributed by atoms with Crippen molar-refractivity contribution in [2.75, 3.05) is 6.54 Å². The molecule has 2 N–H and O–H groups in total. The Kier molecular flexibility index (Phi) is 2.05. The Hall–Kier alpha value is -1.31. The molecule has 0 aliphatic carbocycles. The first-order valence-corrected chi connectivity index (χ1v) is 4.49. The Balaban J connectivity index is 2.35. The quantitative estimate of drug-likeness (QED) is 0.646. The molecular formula is C10H13N3. The summed E-state index contributed by atoms with van der Waals surface area (Å²) in [6.07, 6.45) is 6.85. The molecule has 2 aliphatic heterocycles. The lowest BCUT2D eigenvalue weighted by Gasteiger charge is -2.24. The van der Waals surface area contributed by atoms with Crippen molar-refractivity contribution in [2.45, 2.75) is 19.5 Å². The van der Waals surface area contributed by atoms with Gasteiger partial charge in [-0.15, -0.1) is 0 Å². The summed E-state index contributed by atoms with van der Waals surface area (Å²) >= 11 is 0. The van der Waals surface area contributed by atoms with E-state index < -0.39 is 0 Å². The summed E-state index contributed by atoms with van der Waals surface area (Å²) in [6.45, 7) is 3.00. The zero-order chi connectivity index (χ0) is 9.26. The van der Waals surface area contributed by atoms with Gasteiger partial charge in [-0.05, 0) is 30.9 Å². The molecule has 0 radical (unpaired) electrons. The number of hydrogen-bond donors (Lipinski definition) is 1. The van der Waals surface area contributed by atoms with E-state index in [2.05, 4.69) is 15.8 Å². The summed E-state index contributed by atoms with van der Waals surface area (Å²) in [4.78, 5) is 6.13. The van der Waals surface area contributed by atoms with E-state index in [1.165, 1.54) is 11.3 Å². The summed E-state index contributed by atoms with van der Waals surface area (Å²) in [5.41, 5.74) is 8.33. The van der Waals surface area contributed by atoms with Crippen molar-refractivity contribution in [1.29, 1.82) is 0 Å². The second-order valence-electron chi connectivity index (χ2n) is 3.31. The van der Waals surface area contributed by atoms with Crippen LogP contribution in [0.2, 0.25) is 0 Å². The number of nitrogens with two attached hydrogens (primary N) is 1. The Morgan fingerprint density at radius 3 is 3.31 bits per heavy atom. The summed E-state index contributed by atoms with van der Waals surface area (Å²) in [5.74, 6) is 2.86. The predicted molar refractivity (Wildman–Crippen MR) is 53.1 cm³/mol. The molecule has 2 aliphatic rings. The predicted octanol–water partition coefficient (Wildman–Crippen LogP) is 1.00. The molecule has 1 unspecified atom stereocenters. The van der Waals surface area contributed by atoms with Gasteiger partial charge in [0.05, 0.1) is 11.9 Å². The molecule has 2 rings (SSSR count). The SMILES string of the molecule is CC(N)N1CCC2=C1C=C=NC=C2. The average molecular weight is 175 g/mol. The normalized spacial score (nSPS) is 22.2. The molecule has 3 heteroatoms. The van der Waals surface area contributed by atoms with E-state index in [1.54, 1.807) is 6.20 Å². The van der Waals surface area contributed by atoms with E-state index in [9.17, 15) is 0 Å². The van der Waals surface area contributed by atoms with E-state index in [4.69, 9.17) is 5.73 Å². The minimum Gasteiger partial charge on any atom is -0.355 e. The van der Waals surface area contributed by atoms with Gasteiger partial charge in [-0.3, -0.25) is 0 Å². The van der Waals surface area contributed by atoms with Gasteiger partial charge < -0.3 is 10.6 Å². The maximum Gasteiger partial charge on any atom is 0.0742 e. The van der Waals surface area contributed by atoms with Crippen molar-refractivity contribution >= 4 is 5.87 Å². The fourth-order valence-corrected chi connectivity index (χ4v) is 1.71. The Labute approximate surface area is 77.9 Å². The van der Waals surface area contributed by atoms with Gasteiger partial charge in [0.1, 0.15) is 0 Å². The van der Waals surface area contributed by atoms with Crippen molar-refractivity contribution < 1.29 is 0 Å². The van der Waals surface area contributed by atoms with Crippen LogP contribution in [0.25, 0.3) is 0 Å². The third-order valence-corrected chi connectivity index (χ3v) is 2.38. The number of allylic oxidation sites excluding steroid dienone is 2. The monoisotopic (exact) mass is 175 g/mol. The molecule has 0 aromatic heterocycles. The van der Waals surface area contributed by atoms with Gasteiger partial charge in [-0.25, -0.2) is 4.99 Å². The molecule has 1 atom stereocenters. The average Bonchev–Trinajstić information content (AvgIpc) is 2.36. The molecular weight excluding hydrogens is 162 g/mol. The number of aliphatic imine (C=N–C) groups is 1. The first-order chi connectivity index (χ1) is 6.29. The van der Waals surface area contributed by atoms with Crippen LogP contribution in [-0.4, -0.2) is 23.5 Å². The van der Waals surface area contributed by atoms with E-state index in [1.807, 2.05) is 19.1 Å². The summed E-state index contributed by atoms with van der Waals surface area (Å²) in [6, 6.07) is 0. The van der Waals surface area contributed by atoms with E-state index >= 15 is 0 Å². The second-order valence-corrected chi connectivity index (χ2v) is 3.31. The van der Waals surface area contributed by atoms with Crippen LogP contribution in [0.1, 0.15) is 13.3 Å². The minimum absolute atomic E-state index is 0.0667. The molecule has 0 fully saturated rings. The highest BCUT2D eigenvalue weighted by molar-refractivity contribution is 5.61. The number of nitrogens with zero attached hydrogens (tertiary/aromatic N) is 2. The lowest BCUT2D eigenvalue weighted by molar-refractivity contribution is 0.306. The maximum absolute atomic E-state index is 5.84. The highest BCUT2D eigenvalue weighted by Crippen LogP contribution is 2.25. The zero-order valence-corrected chi connectivity index (χ0v) is 7.70. The molecule has 0 saturated carbocycles. The van der Waals surface area contributed by atoms with Gasteiger partial charge in [-0.1, -0.05) is 0 Å². The molecule has 0 spiro atoms. The first kappa shape index (κ1) is 8.30. The third-order valence-electron chi connectivity index (χ3n) is 2.38. The molecule has 0 amide bonds. The van der Waals surface area contributed by atoms with Gasteiger partial charge in [0.25, 0.3) is 0 Å². The molecule has 0 saturated heterocycles. The highest BCUT2D eigenvalue weighted by Gasteiger charge is 2.21. The highest BCUT2D eigenvalue weighted by atomic mass is 15.2. The summed E-state index contributed by atoms with van der Waals surface area (Å²) in [7, 11) is 0. The largest absolute Gasteiger partial charge is 0.355 e. The van der Waals surface area contributed by atoms with Crippen LogP contribution in [0, 0.1) is 0 Å². The summed E-state index contributed by atoms with van der Waals surface area (Å²) < 4.78 is 0. The maximum atomic E-state index is 5.84. The first-order valence-electron chi connectivity index (χ1n) is 4.49. The van der Waals surface area contributed by atoms with Crippen molar-refractivity contribution in [3.8, 4) is 0 Å². The van der Waals surface area contributed by atoms with Crippen molar-refractivity contribution in [2.24, 2.45) is 10.7 Å². The summed E-state index contributed by atoms with van der Waals surface area (Å²) in [5, 5.41) is 0. The second kappa shape index (κ2) is 3.21. The lowest BCUT2D eigenvalue weighted by Crippen LogP contribution is -2.36. The number of hydrogen-bond acceptors (Lipinski definition) is 3. The zero-order valence-electron chi connectivity index (χ0n) is 7.70.